The Hall–Kier alpha value is -1.80. The number of amides is 1. The molecule has 4 rings (SSSR count). The van der Waals surface area contributed by atoms with Gasteiger partial charge in [-0.15, -0.1) is 0 Å². The van der Waals surface area contributed by atoms with Crippen molar-refractivity contribution in [3.05, 3.63) is 57.6 Å². The van der Waals surface area contributed by atoms with Gasteiger partial charge in [-0.05, 0) is 55.2 Å². The van der Waals surface area contributed by atoms with Crippen LogP contribution in [0.25, 0.3) is 10.2 Å². The van der Waals surface area contributed by atoms with Crippen LogP contribution in [0.2, 0.25) is 0 Å². The van der Waals surface area contributed by atoms with Gasteiger partial charge < -0.3 is 4.74 Å². The Morgan fingerprint density at radius 2 is 1.97 bits per heavy atom. The Labute approximate surface area is 196 Å². The molecular formula is C24H28BrN3O2S. The smallest absolute Gasteiger partial charge is 0.233 e. The third-order valence-corrected chi connectivity index (χ3v) is 7.29. The molecule has 7 heteroatoms. The van der Waals surface area contributed by atoms with Gasteiger partial charge >= 0.3 is 0 Å². The Balaban J connectivity index is 1.52. The van der Waals surface area contributed by atoms with E-state index in [1.54, 1.807) is 11.3 Å². The van der Waals surface area contributed by atoms with Crippen molar-refractivity contribution in [2.75, 3.05) is 44.3 Å². The Bertz CT molecular complexity index is 1060. The largest absolute Gasteiger partial charge is 0.379 e. The number of carbonyl (C=O) groups is 1. The number of carbonyl (C=O) groups excluding carboxylic acids is 1. The van der Waals surface area contributed by atoms with Crippen LogP contribution in [0.4, 0.5) is 5.13 Å². The molecule has 0 spiro atoms. The fraction of sp³-hybridized carbons (Fsp3) is 0.417. The molecule has 5 nitrogen and oxygen atoms in total. The first-order valence-corrected chi connectivity index (χ1v) is 12.3. The van der Waals surface area contributed by atoms with Crippen LogP contribution in [0.15, 0.2) is 40.9 Å². The molecule has 1 fully saturated rings. The van der Waals surface area contributed by atoms with Crippen molar-refractivity contribution in [2.45, 2.75) is 26.7 Å². The van der Waals surface area contributed by atoms with Gasteiger partial charge in [0, 0.05) is 30.7 Å². The van der Waals surface area contributed by atoms with Crippen LogP contribution in [0.5, 0.6) is 0 Å². The topological polar surface area (TPSA) is 45.7 Å². The second kappa shape index (κ2) is 10.2. The standard InChI is InChI=1S/C24H28BrN3O2S/c1-17-4-5-19(14-18(17)2)15-23(29)28(9-3-8-27-10-12-30-13-11-27)24-26-21-7-6-20(25)16-22(21)31-24/h4-7,14,16H,3,8-13,15H2,1-2H3. The highest BCUT2D eigenvalue weighted by Gasteiger charge is 2.21. The molecule has 0 radical (unpaired) electrons. The number of benzene rings is 2. The maximum atomic E-state index is 13.4. The first-order chi connectivity index (χ1) is 15.0. The molecule has 0 N–H and O–H groups in total. The number of hydrogen-bond donors (Lipinski definition) is 0. The molecule has 1 aliphatic rings. The average molecular weight is 502 g/mol. The third kappa shape index (κ3) is 5.71. The molecule has 0 aliphatic carbocycles. The SMILES string of the molecule is Cc1ccc(CC(=O)N(CCCN2CCOCC2)c2nc3ccc(Br)cc3s2)cc1C. The summed E-state index contributed by atoms with van der Waals surface area (Å²) in [5, 5.41) is 0.781. The Morgan fingerprint density at radius 3 is 2.74 bits per heavy atom. The fourth-order valence-corrected chi connectivity index (χ4v) is 5.35. The van der Waals surface area contributed by atoms with Crippen LogP contribution in [-0.2, 0) is 16.0 Å². The molecule has 2 aromatic carbocycles. The Morgan fingerprint density at radius 1 is 1.16 bits per heavy atom. The molecule has 3 aromatic rings. The Kier molecular flexibility index (Phi) is 7.38. The second-order valence-electron chi connectivity index (χ2n) is 8.06. The summed E-state index contributed by atoms with van der Waals surface area (Å²) in [6, 6.07) is 12.3. The minimum Gasteiger partial charge on any atom is -0.379 e. The van der Waals surface area contributed by atoms with Crippen LogP contribution in [0.1, 0.15) is 23.1 Å². The maximum Gasteiger partial charge on any atom is 0.233 e. The van der Waals surface area contributed by atoms with E-state index in [1.807, 2.05) is 17.0 Å². The molecule has 0 bridgehead atoms. The van der Waals surface area contributed by atoms with Crippen LogP contribution in [0.3, 0.4) is 0 Å². The summed E-state index contributed by atoms with van der Waals surface area (Å²) in [5.74, 6) is 0.100. The number of morpholine rings is 1. The lowest BCUT2D eigenvalue weighted by atomic mass is 10.0. The highest BCUT2D eigenvalue weighted by atomic mass is 79.9. The molecule has 1 saturated heterocycles. The second-order valence-corrected chi connectivity index (χ2v) is 9.98. The van der Waals surface area contributed by atoms with Gasteiger partial charge in [0.25, 0.3) is 0 Å². The van der Waals surface area contributed by atoms with E-state index < -0.39 is 0 Å². The van der Waals surface area contributed by atoms with Crippen molar-refractivity contribution in [3.63, 3.8) is 0 Å². The lowest BCUT2D eigenvalue weighted by molar-refractivity contribution is -0.118. The van der Waals surface area contributed by atoms with E-state index in [1.165, 1.54) is 11.1 Å². The summed E-state index contributed by atoms with van der Waals surface area (Å²) in [7, 11) is 0. The number of aromatic nitrogens is 1. The summed E-state index contributed by atoms with van der Waals surface area (Å²) < 4.78 is 7.55. The van der Waals surface area contributed by atoms with E-state index >= 15 is 0 Å². The van der Waals surface area contributed by atoms with E-state index in [4.69, 9.17) is 9.72 Å². The van der Waals surface area contributed by atoms with Crippen molar-refractivity contribution in [3.8, 4) is 0 Å². The minimum absolute atomic E-state index is 0.100. The van der Waals surface area contributed by atoms with Gasteiger partial charge in [0.2, 0.25) is 5.91 Å². The minimum atomic E-state index is 0.100. The molecule has 31 heavy (non-hydrogen) atoms. The van der Waals surface area contributed by atoms with Crippen LogP contribution < -0.4 is 4.90 Å². The first-order valence-electron chi connectivity index (χ1n) is 10.7. The van der Waals surface area contributed by atoms with E-state index in [9.17, 15) is 4.79 Å². The summed E-state index contributed by atoms with van der Waals surface area (Å²) in [4.78, 5) is 22.5. The number of aryl methyl sites for hydroxylation is 2. The predicted molar refractivity (Wildman–Crippen MR) is 131 cm³/mol. The van der Waals surface area contributed by atoms with Crippen LogP contribution in [-0.4, -0.2) is 55.2 Å². The number of hydrogen-bond acceptors (Lipinski definition) is 5. The predicted octanol–water partition coefficient (Wildman–Crippen LogP) is 4.97. The summed E-state index contributed by atoms with van der Waals surface area (Å²) in [5.41, 5.74) is 4.44. The fourth-order valence-electron chi connectivity index (χ4n) is 3.79. The molecule has 2 heterocycles. The molecular weight excluding hydrogens is 474 g/mol. The molecule has 1 aliphatic heterocycles. The quantitative estimate of drug-likeness (QED) is 0.458. The van der Waals surface area contributed by atoms with Gasteiger partial charge in [-0.3, -0.25) is 14.6 Å². The average Bonchev–Trinajstić information content (AvgIpc) is 3.17. The van der Waals surface area contributed by atoms with E-state index in [0.717, 1.165) is 64.7 Å². The summed E-state index contributed by atoms with van der Waals surface area (Å²) >= 11 is 5.11. The van der Waals surface area contributed by atoms with Crippen molar-refractivity contribution in [1.29, 1.82) is 0 Å². The zero-order chi connectivity index (χ0) is 21.8. The normalized spacial score (nSPS) is 14.8. The van der Waals surface area contributed by atoms with E-state index in [2.05, 4.69) is 58.9 Å². The number of rotatable bonds is 7. The first kappa shape index (κ1) is 22.4. The molecule has 1 aromatic heterocycles. The summed E-state index contributed by atoms with van der Waals surface area (Å²) in [6.45, 7) is 9.34. The van der Waals surface area contributed by atoms with Crippen molar-refractivity contribution in [1.82, 2.24) is 9.88 Å². The van der Waals surface area contributed by atoms with E-state index in [-0.39, 0.29) is 5.91 Å². The number of halogens is 1. The zero-order valence-corrected chi connectivity index (χ0v) is 20.5. The van der Waals surface area contributed by atoms with E-state index in [0.29, 0.717) is 13.0 Å². The highest BCUT2D eigenvalue weighted by molar-refractivity contribution is 9.10. The van der Waals surface area contributed by atoms with Crippen LogP contribution >= 0.6 is 27.3 Å². The monoisotopic (exact) mass is 501 g/mol. The van der Waals surface area contributed by atoms with Crippen molar-refractivity contribution in [2.24, 2.45) is 0 Å². The third-order valence-electron chi connectivity index (χ3n) is 5.76. The van der Waals surface area contributed by atoms with Gasteiger partial charge in [-0.25, -0.2) is 4.98 Å². The molecule has 0 unspecified atom stereocenters. The lowest BCUT2D eigenvalue weighted by Crippen LogP contribution is -2.39. The number of thiazole rings is 1. The van der Waals surface area contributed by atoms with Gasteiger partial charge in [-0.2, -0.15) is 0 Å². The van der Waals surface area contributed by atoms with Gasteiger partial charge in [0.05, 0.1) is 29.9 Å². The van der Waals surface area contributed by atoms with Gasteiger partial charge in [0.1, 0.15) is 0 Å². The summed E-state index contributed by atoms with van der Waals surface area (Å²) in [6.07, 6.45) is 1.30. The van der Waals surface area contributed by atoms with Crippen molar-refractivity contribution < 1.29 is 9.53 Å². The zero-order valence-electron chi connectivity index (χ0n) is 18.1. The molecule has 164 valence electrons. The maximum absolute atomic E-state index is 13.4. The molecule has 0 saturated carbocycles. The lowest BCUT2D eigenvalue weighted by Gasteiger charge is -2.27. The number of nitrogens with zero attached hydrogens (tertiary/aromatic N) is 3. The van der Waals surface area contributed by atoms with Gasteiger partial charge in [0.15, 0.2) is 5.13 Å². The number of fused-ring (bicyclic) bond motifs is 1. The molecule has 1 amide bonds. The van der Waals surface area contributed by atoms with Crippen LogP contribution in [0, 0.1) is 13.8 Å². The number of anilines is 1. The van der Waals surface area contributed by atoms with Crippen molar-refractivity contribution >= 4 is 48.5 Å². The van der Waals surface area contributed by atoms with Gasteiger partial charge in [-0.1, -0.05) is 45.5 Å². The highest BCUT2D eigenvalue weighted by Crippen LogP contribution is 2.31. The number of ether oxygens (including phenoxy) is 1. The molecule has 0 atom stereocenters.